The van der Waals surface area contributed by atoms with E-state index in [9.17, 15) is 18.8 Å². The minimum Gasteiger partial charge on any atom is -0.336 e. The first-order valence-electron chi connectivity index (χ1n) is 9.36. The molecule has 2 saturated heterocycles. The molecule has 3 amide bonds. The molecule has 0 radical (unpaired) electrons. The van der Waals surface area contributed by atoms with Crippen LogP contribution in [0.2, 0.25) is 5.02 Å². The number of imide groups is 1. The number of nitrogens with zero attached hydrogens (tertiary/aromatic N) is 3. The fraction of sp³-hybridized carbons (Fsp3) is 0.286. The van der Waals surface area contributed by atoms with Gasteiger partial charge in [0.05, 0.1) is 23.2 Å². The summed E-state index contributed by atoms with van der Waals surface area (Å²) in [5.41, 5.74) is 0.902. The summed E-state index contributed by atoms with van der Waals surface area (Å²) in [6.45, 7) is 1.96. The Morgan fingerprint density at radius 3 is 2.34 bits per heavy atom. The standard InChI is InChI=1S/C21H19ClFN3O3/c22-16-12-15(6-7-17(16)23)26-19(27)13-18(21(26)29)24-8-10-25(11-9-24)20(28)14-4-2-1-3-5-14/h1-7,12,18H,8-11,13H2. The largest absolute Gasteiger partial charge is 0.336 e. The lowest BCUT2D eigenvalue weighted by atomic mass is 10.1. The zero-order valence-corrected chi connectivity index (χ0v) is 16.3. The zero-order chi connectivity index (χ0) is 20.5. The highest BCUT2D eigenvalue weighted by atomic mass is 35.5. The van der Waals surface area contributed by atoms with Crippen LogP contribution in [0, 0.1) is 5.82 Å². The lowest BCUT2D eigenvalue weighted by molar-refractivity contribution is -0.123. The molecular formula is C21H19ClFN3O3. The molecule has 29 heavy (non-hydrogen) atoms. The number of hydrogen-bond donors (Lipinski definition) is 0. The Bertz CT molecular complexity index is 961. The summed E-state index contributed by atoms with van der Waals surface area (Å²) in [6, 6.07) is 12.3. The van der Waals surface area contributed by atoms with Crippen molar-refractivity contribution in [2.24, 2.45) is 0 Å². The topological polar surface area (TPSA) is 60.9 Å². The van der Waals surface area contributed by atoms with Crippen molar-refractivity contribution in [2.75, 3.05) is 31.1 Å². The number of anilines is 1. The molecular weight excluding hydrogens is 397 g/mol. The second-order valence-electron chi connectivity index (χ2n) is 7.08. The molecule has 150 valence electrons. The van der Waals surface area contributed by atoms with Crippen LogP contribution in [0.25, 0.3) is 0 Å². The van der Waals surface area contributed by atoms with Crippen molar-refractivity contribution in [3.05, 3.63) is 64.9 Å². The van der Waals surface area contributed by atoms with Crippen LogP contribution in [0.15, 0.2) is 48.5 Å². The summed E-state index contributed by atoms with van der Waals surface area (Å²) in [7, 11) is 0. The summed E-state index contributed by atoms with van der Waals surface area (Å²) >= 11 is 5.80. The van der Waals surface area contributed by atoms with Crippen molar-refractivity contribution >= 4 is 35.0 Å². The molecule has 2 fully saturated rings. The van der Waals surface area contributed by atoms with Gasteiger partial charge in [0.25, 0.3) is 11.8 Å². The van der Waals surface area contributed by atoms with Crippen LogP contribution in [0.1, 0.15) is 16.8 Å². The molecule has 2 aromatic rings. The van der Waals surface area contributed by atoms with E-state index in [1.165, 1.54) is 12.1 Å². The summed E-state index contributed by atoms with van der Waals surface area (Å²) in [4.78, 5) is 42.7. The Morgan fingerprint density at radius 2 is 1.69 bits per heavy atom. The molecule has 0 spiro atoms. The number of piperazine rings is 1. The third-order valence-corrected chi connectivity index (χ3v) is 5.64. The monoisotopic (exact) mass is 415 g/mol. The maximum Gasteiger partial charge on any atom is 0.253 e. The van der Waals surface area contributed by atoms with Crippen LogP contribution in [0.5, 0.6) is 0 Å². The summed E-state index contributed by atoms with van der Waals surface area (Å²) in [5.74, 6) is -1.34. The molecule has 1 unspecified atom stereocenters. The Hall–Kier alpha value is -2.77. The average Bonchev–Trinajstić information content (AvgIpc) is 3.04. The van der Waals surface area contributed by atoms with Crippen molar-refractivity contribution in [3.8, 4) is 0 Å². The predicted octanol–water partition coefficient (Wildman–Crippen LogP) is 2.57. The number of rotatable bonds is 3. The van der Waals surface area contributed by atoms with Crippen molar-refractivity contribution in [2.45, 2.75) is 12.5 Å². The van der Waals surface area contributed by atoms with Gasteiger partial charge in [-0.1, -0.05) is 29.8 Å². The molecule has 1 atom stereocenters. The molecule has 0 saturated carbocycles. The third-order valence-electron chi connectivity index (χ3n) is 5.35. The molecule has 0 bridgehead atoms. The smallest absolute Gasteiger partial charge is 0.253 e. The second-order valence-corrected chi connectivity index (χ2v) is 7.49. The van der Waals surface area contributed by atoms with Gasteiger partial charge in [-0.15, -0.1) is 0 Å². The maximum atomic E-state index is 13.4. The van der Waals surface area contributed by atoms with E-state index in [0.717, 1.165) is 11.0 Å². The molecule has 2 heterocycles. The average molecular weight is 416 g/mol. The summed E-state index contributed by atoms with van der Waals surface area (Å²) in [5, 5.41) is -0.139. The van der Waals surface area contributed by atoms with E-state index in [1.807, 2.05) is 23.1 Å². The minimum atomic E-state index is -0.606. The van der Waals surface area contributed by atoms with Gasteiger partial charge < -0.3 is 4.90 Å². The van der Waals surface area contributed by atoms with Crippen LogP contribution in [-0.4, -0.2) is 59.7 Å². The first kappa shape index (κ1) is 19.5. The van der Waals surface area contributed by atoms with Crippen LogP contribution in [0.3, 0.4) is 0 Å². The molecule has 2 aliphatic heterocycles. The number of carbonyl (C=O) groups is 3. The number of benzene rings is 2. The van der Waals surface area contributed by atoms with E-state index in [2.05, 4.69) is 0 Å². The molecule has 6 nitrogen and oxygen atoms in total. The number of amides is 3. The molecule has 4 rings (SSSR count). The Morgan fingerprint density at radius 1 is 1.00 bits per heavy atom. The number of halogens is 2. The molecule has 2 aliphatic rings. The van der Waals surface area contributed by atoms with Crippen LogP contribution < -0.4 is 4.90 Å². The van der Waals surface area contributed by atoms with Crippen LogP contribution >= 0.6 is 11.6 Å². The van der Waals surface area contributed by atoms with E-state index in [1.54, 1.807) is 17.0 Å². The van der Waals surface area contributed by atoms with Gasteiger partial charge in [-0.25, -0.2) is 9.29 Å². The molecule has 0 aliphatic carbocycles. The highest BCUT2D eigenvalue weighted by Crippen LogP contribution is 2.29. The van der Waals surface area contributed by atoms with Gasteiger partial charge in [0.1, 0.15) is 5.82 Å². The summed E-state index contributed by atoms with van der Waals surface area (Å²) < 4.78 is 13.4. The van der Waals surface area contributed by atoms with Gasteiger partial charge in [-0.2, -0.15) is 0 Å². The Labute approximate surface area is 172 Å². The van der Waals surface area contributed by atoms with Gasteiger partial charge in [0, 0.05) is 31.7 Å². The molecule has 0 aromatic heterocycles. The number of carbonyl (C=O) groups excluding carboxylic acids is 3. The Balaban J connectivity index is 1.42. The van der Waals surface area contributed by atoms with E-state index >= 15 is 0 Å². The minimum absolute atomic E-state index is 0.0401. The highest BCUT2D eigenvalue weighted by Gasteiger charge is 2.43. The van der Waals surface area contributed by atoms with Gasteiger partial charge in [-0.3, -0.25) is 19.3 Å². The van der Waals surface area contributed by atoms with Crippen LogP contribution in [0.4, 0.5) is 10.1 Å². The SMILES string of the molecule is O=C(c1ccccc1)N1CCN(C2CC(=O)N(c3ccc(F)c(Cl)c3)C2=O)CC1. The lowest BCUT2D eigenvalue weighted by Crippen LogP contribution is -2.53. The van der Waals surface area contributed by atoms with E-state index < -0.39 is 11.9 Å². The maximum absolute atomic E-state index is 13.4. The van der Waals surface area contributed by atoms with Crippen molar-refractivity contribution in [3.63, 3.8) is 0 Å². The highest BCUT2D eigenvalue weighted by molar-refractivity contribution is 6.31. The lowest BCUT2D eigenvalue weighted by Gasteiger charge is -2.37. The third kappa shape index (κ3) is 3.75. The van der Waals surface area contributed by atoms with Crippen molar-refractivity contribution in [1.82, 2.24) is 9.80 Å². The second kappa shape index (κ2) is 7.93. The fourth-order valence-electron chi connectivity index (χ4n) is 3.80. The van der Waals surface area contributed by atoms with Crippen molar-refractivity contribution < 1.29 is 18.8 Å². The van der Waals surface area contributed by atoms with E-state index in [4.69, 9.17) is 11.6 Å². The Kier molecular flexibility index (Phi) is 5.34. The quantitative estimate of drug-likeness (QED) is 0.723. The molecule has 0 N–H and O–H groups in total. The van der Waals surface area contributed by atoms with Gasteiger partial charge in [-0.05, 0) is 30.3 Å². The van der Waals surface area contributed by atoms with E-state index in [0.29, 0.717) is 31.7 Å². The first-order valence-corrected chi connectivity index (χ1v) is 9.74. The summed E-state index contributed by atoms with van der Waals surface area (Å²) in [6.07, 6.45) is 0.0560. The van der Waals surface area contributed by atoms with Gasteiger partial charge in [0.15, 0.2) is 0 Å². The van der Waals surface area contributed by atoms with Crippen LogP contribution in [-0.2, 0) is 9.59 Å². The first-order chi connectivity index (χ1) is 14.0. The molecule has 8 heteroatoms. The number of hydrogen-bond acceptors (Lipinski definition) is 4. The molecule has 2 aromatic carbocycles. The normalized spacial score (nSPS) is 20.4. The zero-order valence-electron chi connectivity index (χ0n) is 15.6. The van der Waals surface area contributed by atoms with Gasteiger partial charge in [0.2, 0.25) is 5.91 Å². The van der Waals surface area contributed by atoms with Gasteiger partial charge >= 0.3 is 0 Å². The fourth-order valence-corrected chi connectivity index (χ4v) is 3.97. The predicted molar refractivity (Wildman–Crippen MR) is 106 cm³/mol. The van der Waals surface area contributed by atoms with E-state index in [-0.39, 0.29) is 34.9 Å². The van der Waals surface area contributed by atoms with Crippen molar-refractivity contribution in [1.29, 1.82) is 0 Å².